The van der Waals surface area contributed by atoms with Gasteiger partial charge in [0, 0.05) is 13.5 Å². The van der Waals surface area contributed by atoms with E-state index < -0.39 is 42.0 Å². The number of esters is 2. The average molecular weight is 599 g/mol. The lowest BCUT2D eigenvalue weighted by atomic mass is 10.00. The Morgan fingerprint density at radius 1 is 1.05 bits per heavy atom. The average Bonchev–Trinajstić information content (AvgIpc) is 3.75. The summed E-state index contributed by atoms with van der Waals surface area (Å²) in [6, 6.07) is 13.2. The second-order valence-electron chi connectivity index (χ2n) is 11.7. The summed E-state index contributed by atoms with van der Waals surface area (Å²) in [5, 5.41) is 2.36. The first-order valence-electron chi connectivity index (χ1n) is 14.7. The number of piperidine rings is 1. The Labute approximate surface area is 248 Å². The molecule has 1 aliphatic carbocycles. The Morgan fingerprint density at radius 2 is 1.74 bits per heavy atom. The second-order valence-corrected chi connectivity index (χ2v) is 11.7. The molecule has 43 heavy (non-hydrogen) atoms. The normalized spacial score (nSPS) is 21.9. The molecule has 2 aliphatic heterocycles. The van der Waals surface area contributed by atoms with Crippen LogP contribution in [-0.4, -0.2) is 66.4 Å². The first-order valence-corrected chi connectivity index (χ1v) is 14.7. The van der Waals surface area contributed by atoms with Gasteiger partial charge in [-0.1, -0.05) is 24.3 Å². The van der Waals surface area contributed by atoms with Gasteiger partial charge in [0.25, 0.3) is 5.91 Å². The maximum absolute atomic E-state index is 13.6. The molecule has 3 aliphatic rings. The first kappa shape index (κ1) is 30.4. The third-order valence-corrected chi connectivity index (χ3v) is 8.05. The number of carbonyl (C=O) groups excluding carboxylic acids is 4. The number of hydrogen-bond acceptors (Lipinski definition) is 7. The third-order valence-electron chi connectivity index (χ3n) is 8.05. The Balaban J connectivity index is 1.22. The molecule has 0 unspecified atom stereocenters. The molecule has 2 amide bonds. The van der Waals surface area contributed by atoms with Crippen molar-refractivity contribution < 1.29 is 42.2 Å². The SMILES string of the molecule is C[C@H](NC(=O)C(C)(F)F)[C@H](Oc1ccc(C(=O)O[C@H]2CCCN(C(=O)[C@H]3COC(=O)C3)C2)cc1)c1ccc(C2CC2)cc1. The minimum atomic E-state index is -3.54. The van der Waals surface area contributed by atoms with Crippen molar-refractivity contribution in [1.29, 1.82) is 0 Å². The topological polar surface area (TPSA) is 111 Å². The summed E-state index contributed by atoms with van der Waals surface area (Å²) in [6.07, 6.45) is 2.37. The molecule has 2 saturated heterocycles. The van der Waals surface area contributed by atoms with E-state index in [0.717, 1.165) is 12.8 Å². The summed E-state index contributed by atoms with van der Waals surface area (Å²) >= 11 is 0. The van der Waals surface area contributed by atoms with Crippen LogP contribution in [0.25, 0.3) is 0 Å². The highest BCUT2D eigenvalue weighted by molar-refractivity contribution is 5.90. The number of nitrogens with one attached hydrogen (secondary N) is 1. The summed E-state index contributed by atoms with van der Waals surface area (Å²) in [6.45, 7) is 3.00. The van der Waals surface area contributed by atoms with E-state index in [0.29, 0.717) is 43.5 Å². The van der Waals surface area contributed by atoms with Crippen molar-refractivity contribution in [3.8, 4) is 5.75 Å². The number of nitrogens with zero attached hydrogens (tertiary/aromatic N) is 1. The maximum Gasteiger partial charge on any atom is 0.338 e. The van der Waals surface area contributed by atoms with E-state index in [1.165, 1.54) is 5.56 Å². The number of rotatable bonds is 10. The summed E-state index contributed by atoms with van der Waals surface area (Å²) in [5.41, 5.74) is 2.20. The predicted octanol–water partition coefficient (Wildman–Crippen LogP) is 4.55. The molecular weight excluding hydrogens is 562 g/mol. The lowest BCUT2D eigenvalue weighted by Gasteiger charge is -2.33. The second kappa shape index (κ2) is 12.7. The van der Waals surface area contributed by atoms with Crippen LogP contribution < -0.4 is 10.1 Å². The van der Waals surface area contributed by atoms with Crippen molar-refractivity contribution in [3.63, 3.8) is 0 Å². The molecule has 2 aromatic rings. The van der Waals surface area contributed by atoms with Crippen LogP contribution in [-0.2, 0) is 23.9 Å². The first-order chi connectivity index (χ1) is 20.5. The van der Waals surface area contributed by atoms with E-state index in [9.17, 15) is 28.0 Å². The van der Waals surface area contributed by atoms with Crippen LogP contribution in [0.5, 0.6) is 5.75 Å². The number of carbonyl (C=O) groups is 4. The number of ether oxygens (including phenoxy) is 3. The number of halogens is 2. The predicted molar refractivity (Wildman–Crippen MR) is 151 cm³/mol. The highest BCUT2D eigenvalue weighted by Crippen LogP contribution is 2.40. The Morgan fingerprint density at radius 3 is 2.35 bits per heavy atom. The van der Waals surface area contributed by atoms with Crippen LogP contribution in [0.4, 0.5) is 8.78 Å². The minimum absolute atomic E-state index is 0.0665. The quantitative estimate of drug-likeness (QED) is 0.400. The minimum Gasteiger partial charge on any atom is -0.484 e. The van der Waals surface area contributed by atoms with Gasteiger partial charge in [-0.15, -0.1) is 0 Å². The third kappa shape index (κ3) is 7.69. The largest absolute Gasteiger partial charge is 0.484 e. The van der Waals surface area contributed by atoms with E-state index in [1.54, 1.807) is 36.1 Å². The zero-order valence-electron chi connectivity index (χ0n) is 24.2. The molecule has 2 aromatic carbocycles. The molecule has 3 fully saturated rings. The van der Waals surface area contributed by atoms with Gasteiger partial charge in [0.15, 0.2) is 0 Å². The summed E-state index contributed by atoms with van der Waals surface area (Å²) in [4.78, 5) is 50.7. The standard InChI is InChI=1S/C32H36F2N2O7/c1-19(35-31(40)32(2,33)34)28(22-9-7-21(8-10-22)20-5-6-20)42-25-13-11-23(12-14-25)30(39)43-26-4-3-15-36(17-26)29(38)24-16-27(37)41-18-24/h7-14,19-20,24,26,28H,3-6,15-18H2,1-2H3,(H,35,40)/t19-,24+,26-,28-/m0/s1. The number of amides is 2. The molecule has 0 aromatic heterocycles. The van der Waals surface area contributed by atoms with Crippen molar-refractivity contribution >= 4 is 23.8 Å². The fourth-order valence-corrected chi connectivity index (χ4v) is 5.44. The van der Waals surface area contributed by atoms with E-state index in [4.69, 9.17) is 14.2 Å². The highest BCUT2D eigenvalue weighted by atomic mass is 19.3. The van der Waals surface area contributed by atoms with Gasteiger partial charge in [-0.05, 0) is 73.9 Å². The van der Waals surface area contributed by atoms with Crippen molar-refractivity contribution in [1.82, 2.24) is 10.2 Å². The van der Waals surface area contributed by atoms with Gasteiger partial charge in [0.1, 0.15) is 24.6 Å². The van der Waals surface area contributed by atoms with Crippen LogP contribution in [0.1, 0.15) is 79.5 Å². The number of hydrogen-bond donors (Lipinski definition) is 1. The van der Waals surface area contributed by atoms with Crippen molar-refractivity contribution in [2.45, 2.75) is 76.0 Å². The molecule has 5 rings (SSSR count). The molecule has 0 spiro atoms. The molecule has 230 valence electrons. The number of benzene rings is 2. The Hall–Kier alpha value is -4.02. The summed E-state index contributed by atoms with van der Waals surface area (Å²) < 4.78 is 44.0. The van der Waals surface area contributed by atoms with Crippen molar-refractivity contribution in [2.24, 2.45) is 5.92 Å². The van der Waals surface area contributed by atoms with Gasteiger partial charge >= 0.3 is 17.9 Å². The molecule has 1 saturated carbocycles. The van der Waals surface area contributed by atoms with E-state index >= 15 is 0 Å². The zero-order valence-corrected chi connectivity index (χ0v) is 24.2. The van der Waals surface area contributed by atoms with Gasteiger partial charge in [-0.25, -0.2) is 4.79 Å². The maximum atomic E-state index is 13.6. The lowest BCUT2D eigenvalue weighted by molar-refractivity contribution is -0.144. The molecule has 0 radical (unpaired) electrons. The van der Waals surface area contributed by atoms with Gasteiger partial charge in [-0.2, -0.15) is 8.78 Å². The van der Waals surface area contributed by atoms with Crippen LogP contribution in [0.2, 0.25) is 0 Å². The van der Waals surface area contributed by atoms with E-state index in [2.05, 4.69) is 5.32 Å². The lowest BCUT2D eigenvalue weighted by Crippen LogP contribution is -2.46. The number of cyclic esters (lactones) is 1. The molecule has 4 atom stereocenters. The van der Waals surface area contributed by atoms with Crippen LogP contribution in [0, 0.1) is 5.92 Å². The number of alkyl halides is 2. The van der Waals surface area contributed by atoms with Gasteiger partial charge in [0.05, 0.1) is 30.5 Å². The van der Waals surface area contributed by atoms with Crippen LogP contribution >= 0.6 is 0 Å². The zero-order chi connectivity index (χ0) is 30.7. The summed E-state index contributed by atoms with van der Waals surface area (Å²) in [5.74, 6) is -5.62. The number of likely N-dealkylation sites (tertiary alicyclic amines) is 1. The van der Waals surface area contributed by atoms with Crippen LogP contribution in [0.15, 0.2) is 48.5 Å². The van der Waals surface area contributed by atoms with Crippen molar-refractivity contribution in [2.75, 3.05) is 19.7 Å². The fraction of sp³-hybridized carbons (Fsp3) is 0.500. The molecule has 2 heterocycles. The van der Waals surface area contributed by atoms with Gasteiger partial charge in [0.2, 0.25) is 5.91 Å². The Kier molecular flexibility index (Phi) is 8.98. The van der Waals surface area contributed by atoms with Gasteiger partial charge in [-0.3, -0.25) is 14.4 Å². The fourth-order valence-electron chi connectivity index (χ4n) is 5.44. The van der Waals surface area contributed by atoms with E-state index in [1.807, 2.05) is 24.3 Å². The summed E-state index contributed by atoms with van der Waals surface area (Å²) in [7, 11) is 0. The monoisotopic (exact) mass is 598 g/mol. The van der Waals surface area contributed by atoms with Crippen molar-refractivity contribution in [3.05, 3.63) is 65.2 Å². The van der Waals surface area contributed by atoms with E-state index in [-0.39, 0.29) is 37.0 Å². The smallest absolute Gasteiger partial charge is 0.338 e. The molecular formula is C32H36F2N2O7. The molecule has 0 bridgehead atoms. The van der Waals surface area contributed by atoms with Crippen LogP contribution in [0.3, 0.4) is 0 Å². The Bertz CT molecular complexity index is 1340. The molecule has 11 heteroatoms. The molecule has 1 N–H and O–H groups in total. The van der Waals surface area contributed by atoms with Gasteiger partial charge < -0.3 is 24.4 Å². The molecule has 9 nitrogen and oxygen atoms in total. The highest BCUT2D eigenvalue weighted by Gasteiger charge is 2.37.